The van der Waals surface area contributed by atoms with Crippen molar-refractivity contribution in [3.05, 3.63) is 39.4 Å². The molecule has 5 nitrogen and oxygen atoms in total. The first kappa shape index (κ1) is 14.5. The zero-order chi connectivity index (χ0) is 14.7. The van der Waals surface area contributed by atoms with Crippen LogP contribution in [0.5, 0.6) is 0 Å². The largest absolute Gasteiger partial charge is 0.349 e. The Morgan fingerprint density at radius 3 is 2.55 bits per heavy atom. The lowest BCUT2D eigenvalue weighted by molar-refractivity contribution is -0.385. The van der Waals surface area contributed by atoms with Gasteiger partial charge in [0.1, 0.15) is 0 Å². The number of benzene rings is 1. The van der Waals surface area contributed by atoms with Gasteiger partial charge in [-0.25, -0.2) is 0 Å². The molecule has 1 N–H and O–H groups in total. The molecule has 1 amide bonds. The number of nitrogens with zero attached hydrogens (tertiary/aromatic N) is 1. The zero-order valence-electron chi connectivity index (χ0n) is 11.9. The zero-order valence-corrected chi connectivity index (χ0v) is 11.9. The van der Waals surface area contributed by atoms with Gasteiger partial charge in [-0.3, -0.25) is 14.9 Å². The molecule has 0 bridgehead atoms. The second-order valence-corrected chi connectivity index (χ2v) is 5.64. The number of nitrogens with one attached hydrogen (secondary N) is 1. The normalized spacial score (nSPS) is 22.3. The van der Waals surface area contributed by atoms with E-state index in [0.717, 1.165) is 31.6 Å². The molecule has 1 aliphatic rings. The summed E-state index contributed by atoms with van der Waals surface area (Å²) in [6, 6.07) is 4.82. The maximum atomic E-state index is 12.3. The van der Waals surface area contributed by atoms with Crippen LogP contribution in [0.25, 0.3) is 0 Å². The summed E-state index contributed by atoms with van der Waals surface area (Å²) in [5.41, 5.74) is 0.826. The van der Waals surface area contributed by atoms with Crippen molar-refractivity contribution >= 4 is 11.6 Å². The van der Waals surface area contributed by atoms with Gasteiger partial charge in [0.2, 0.25) is 0 Å². The molecule has 0 heterocycles. The number of rotatable bonds is 3. The minimum absolute atomic E-state index is 0.00471. The predicted octanol–water partition coefficient (Wildman–Crippen LogP) is 3.21. The summed E-state index contributed by atoms with van der Waals surface area (Å²) in [5.74, 6) is 0.522. The van der Waals surface area contributed by atoms with Gasteiger partial charge in [-0.05, 0) is 44.6 Å². The van der Waals surface area contributed by atoms with E-state index in [0.29, 0.717) is 11.1 Å². The maximum Gasteiger partial charge on any atom is 0.273 e. The van der Waals surface area contributed by atoms with Crippen molar-refractivity contribution in [2.75, 3.05) is 0 Å². The molecule has 20 heavy (non-hydrogen) atoms. The van der Waals surface area contributed by atoms with Crippen molar-refractivity contribution in [2.24, 2.45) is 5.92 Å². The fraction of sp³-hybridized carbons (Fsp3) is 0.533. The van der Waals surface area contributed by atoms with Gasteiger partial charge in [-0.15, -0.1) is 0 Å². The average Bonchev–Trinajstić information content (AvgIpc) is 2.41. The van der Waals surface area contributed by atoms with Crippen molar-refractivity contribution in [1.29, 1.82) is 0 Å². The molecular weight excluding hydrogens is 256 g/mol. The van der Waals surface area contributed by atoms with E-state index in [2.05, 4.69) is 12.2 Å². The molecule has 108 valence electrons. The SMILES string of the molecule is Cc1c(C(=O)NC2CCC(C)CC2)cccc1[N+](=O)[O-]. The first-order valence-corrected chi connectivity index (χ1v) is 7.04. The molecular formula is C15H20N2O3. The number of hydrogen-bond acceptors (Lipinski definition) is 3. The number of carbonyl (C=O) groups is 1. The van der Waals surface area contributed by atoms with Crippen LogP contribution in [0.15, 0.2) is 18.2 Å². The van der Waals surface area contributed by atoms with Crippen LogP contribution in [0, 0.1) is 23.0 Å². The van der Waals surface area contributed by atoms with E-state index in [1.165, 1.54) is 6.07 Å². The number of amides is 1. The highest BCUT2D eigenvalue weighted by molar-refractivity contribution is 5.96. The van der Waals surface area contributed by atoms with Crippen LogP contribution in [0.2, 0.25) is 0 Å². The van der Waals surface area contributed by atoms with Gasteiger partial charge < -0.3 is 5.32 Å². The lowest BCUT2D eigenvalue weighted by Gasteiger charge is -2.27. The topological polar surface area (TPSA) is 72.2 Å². The lowest BCUT2D eigenvalue weighted by Crippen LogP contribution is -2.37. The summed E-state index contributed by atoms with van der Waals surface area (Å²) in [6.07, 6.45) is 4.22. The Hall–Kier alpha value is -1.91. The molecule has 1 aromatic carbocycles. The average molecular weight is 276 g/mol. The van der Waals surface area contributed by atoms with E-state index in [9.17, 15) is 14.9 Å². The van der Waals surface area contributed by atoms with Crippen molar-refractivity contribution in [3.63, 3.8) is 0 Å². The summed E-state index contributed by atoms with van der Waals surface area (Å²) in [7, 11) is 0. The molecule has 0 radical (unpaired) electrons. The standard InChI is InChI=1S/C15H20N2O3/c1-10-6-8-12(9-7-10)16-15(18)13-4-3-5-14(11(13)2)17(19)20/h3-5,10,12H,6-9H2,1-2H3,(H,16,18). The molecule has 0 unspecified atom stereocenters. The van der Waals surface area contributed by atoms with Crippen LogP contribution in [-0.2, 0) is 0 Å². The van der Waals surface area contributed by atoms with Crippen molar-refractivity contribution in [2.45, 2.75) is 45.6 Å². The quantitative estimate of drug-likeness (QED) is 0.680. The molecule has 5 heteroatoms. The fourth-order valence-electron chi connectivity index (χ4n) is 2.73. The minimum Gasteiger partial charge on any atom is -0.349 e. The van der Waals surface area contributed by atoms with E-state index in [1.807, 2.05) is 0 Å². The molecule has 0 saturated heterocycles. The first-order chi connectivity index (χ1) is 9.49. The highest BCUT2D eigenvalue weighted by atomic mass is 16.6. The molecule has 0 atom stereocenters. The molecule has 1 fully saturated rings. The third kappa shape index (κ3) is 3.15. The van der Waals surface area contributed by atoms with E-state index < -0.39 is 4.92 Å². The monoisotopic (exact) mass is 276 g/mol. The highest BCUT2D eigenvalue weighted by Crippen LogP contribution is 2.25. The second kappa shape index (κ2) is 6.03. The Labute approximate surface area is 118 Å². The van der Waals surface area contributed by atoms with Gasteiger partial charge in [-0.2, -0.15) is 0 Å². The van der Waals surface area contributed by atoms with Crippen LogP contribution >= 0.6 is 0 Å². The van der Waals surface area contributed by atoms with E-state index in [4.69, 9.17) is 0 Å². The van der Waals surface area contributed by atoms with Gasteiger partial charge >= 0.3 is 0 Å². The van der Waals surface area contributed by atoms with Crippen molar-refractivity contribution in [1.82, 2.24) is 5.32 Å². The maximum absolute atomic E-state index is 12.3. The van der Waals surface area contributed by atoms with E-state index in [-0.39, 0.29) is 17.6 Å². The Morgan fingerprint density at radius 2 is 1.95 bits per heavy atom. The summed E-state index contributed by atoms with van der Waals surface area (Å²) in [4.78, 5) is 22.7. The smallest absolute Gasteiger partial charge is 0.273 e. The van der Waals surface area contributed by atoms with E-state index >= 15 is 0 Å². The minimum atomic E-state index is -0.450. The van der Waals surface area contributed by atoms with Gasteiger partial charge in [0, 0.05) is 23.2 Å². The highest BCUT2D eigenvalue weighted by Gasteiger charge is 2.23. The van der Waals surface area contributed by atoms with Crippen LogP contribution in [-0.4, -0.2) is 16.9 Å². The molecule has 1 aromatic rings. The van der Waals surface area contributed by atoms with Crippen LogP contribution in [0.4, 0.5) is 5.69 Å². The molecule has 0 aromatic heterocycles. The van der Waals surface area contributed by atoms with Gasteiger partial charge in [-0.1, -0.05) is 13.0 Å². The first-order valence-electron chi connectivity index (χ1n) is 7.04. The summed E-state index contributed by atoms with van der Waals surface area (Å²) in [5, 5.41) is 13.9. The molecule has 0 aliphatic heterocycles. The Balaban J connectivity index is 2.10. The van der Waals surface area contributed by atoms with Gasteiger partial charge in [0.15, 0.2) is 0 Å². The summed E-state index contributed by atoms with van der Waals surface area (Å²) >= 11 is 0. The molecule has 1 aliphatic carbocycles. The summed E-state index contributed by atoms with van der Waals surface area (Å²) < 4.78 is 0. The van der Waals surface area contributed by atoms with Gasteiger partial charge in [0.05, 0.1) is 4.92 Å². The predicted molar refractivity (Wildman–Crippen MR) is 76.7 cm³/mol. The summed E-state index contributed by atoms with van der Waals surface area (Å²) in [6.45, 7) is 3.85. The van der Waals surface area contributed by atoms with Crippen molar-refractivity contribution < 1.29 is 9.72 Å². The number of nitro benzene ring substituents is 1. The number of hydrogen-bond donors (Lipinski definition) is 1. The lowest BCUT2D eigenvalue weighted by atomic mass is 9.87. The second-order valence-electron chi connectivity index (χ2n) is 5.64. The third-order valence-electron chi connectivity index (χ3n) is 4.10. The number of carbonyl (C=O) groups excluding carboxylic acids is 1. The fourth-order valence-corrected chi connectivity index (χ4v) is 2.73. The van der Waals surface area contributed by atoms with E-state index in [1.54, 1.807) is 19.1 Å². The van der Waals surface area contributed by atoms with Gasteiger partial charge in [0.25, 0.3) is 11.6 Å². The van der Waals surface area contributed by atoms with Crippen LogP contribution < -0.4 is 5.32 Å². The Morgan fingerprint density at radius 1 is 1.30 bits per heavy atom. The van der Waals surface area contributed by atoms with Crippen molar-refractivity contribution in [3.8, 4) is 0 Å². The van der Waals surface area contributed by atoms with Crippen LogP contribution in [0.1, 0.15) is 48.5 Å². The van der Waals surface area contributed by atoms with Crippen LogP contribution in [0.3, 0.4) is 0 Å². The Kier molecular flexibility index (Phi) is 4.37. The number of nitro groups is 1. The molecule has 0 spiro atoms. The third-order valence-corrected chi connectivity index (χ3v) is 4.10. The Bertz CT molecular complexity index is 520. The molecule has 1 saturated carbocycles. The molecule has 2 rings (SSSR count).